The van der Waals surface area contributed by atoms with Crippen LogP contribution in [0.3, 0.4) is 0 Å². The number of alkyl halides is 1. The van der Waals surface area contributed by atoms with Crippen LogP contribution in [0.5, 0.6) is 0 Å². The third-order valence-corrected chi connectivity index (χ3v) is 1.89. The van der Waals surface area contributed by atoms with Gasteiger partial charge in [-0.3, -0.25) is 4.98 Å². The summed E-state index contributed by atoms with van der Waals surface area (Å²) in [5.74, 6) is 0. The van der Waals surface area contributed by atoms with Crippen LogP contribution in [0.1, 0.15) is 23.8 Å². The van der Waals surface area contributed by atoms with E-state index in [1.807, 2.05) is 12.1 Å². The van der Waals surface area contributed by atoms with Gasteiger partial charge in [-0.1, -0.05) is 6.07 Å². The van der Waals surface area contributed by atoms with Crippen molar-refractivity contribution >= 4 is 0 Å². The van der Waals surface area contributed by atoms with Gasteiger partial charge in [0.1, 0.15) is 6.17 Å². The van der Waals surface area contributed by atoms with Crippen molar-refractivity contribution in [2.24, 2.45) is 0 Å². The third-order valence-electron chi connectivity index (χ3n) is 1.89. The van der Waals surface area contributed by atoms with Gasteiger partial charge in [0.15, 0.2) is 0 Å². The summed E-state index contributed by atoms with van der Waals surface area (Å²) in [4.78, 5) is 3.97. The second kappa shape index (κ2) is 2.04. The monoisotopic (exact) mass is 137 g/mol. The average Bonchev–Trinajstić information content (AvgIpc) is 2.34. The van der Waals surface area contributed by atoms with Gasteiger partial charge < -0.3 is 0 Å². The molecule has 1 aliphatic carbocycles. The number of fused-ring (bicyclic) bond motifs is 1. The van der Waals surface area contributed by atoms with E-state index < -0.39 is 6.17 Å². The average molecular weight is 137 g/mol. The van der Waals surface area contributed by atoms with Crippen LogP contribution >= 0.6 is 0 Å². The number of nitrogens with zero attached hydrogens (tertiary/aromatic N) is 1. The zero-order valence-corrected chi connectivity index (χ0v) is 5.55. The summed E-state index contributed by atoms with van der Waals surface area (Å²) in [6.45, 7) is 0. The van der Waals surface area contributed by atoms with E-state index in [9.17, 15) is 4.39 Å². The number of aromatic nitrogens is 1. The number of hydrogen-bond acceptors (Lipinski definition) is 1. The first-order valence-corrected chi connectivity index (χ1v) is 3.46. The summed E-state index contributed by atoms with van der Waals surface area (Å²) >= 11 is 0. The van der Waals surface area contributed by atoms with Crippen molar-refractivity contribution in [2.45, 2.75) is 19.0 Å². The molecule has 0 radical (unpaired) electrons. The molecule has 1 aromatic heterocycles. The first-order valence-electron chi connectivity index (χ1n) is 3.46. The van der Waals surface area contributed by atoms with Crippen LogP contribution in [-0.2, 0) is 6.42 Å². The molecule has 0 saturated heterocycles. The van der Waals surface area contributed by atoms with Gasteiger partial charge in [0.25, 0.3) is 0 Å². The Balaban J connectivity index is 2.51. The topological polar surface area (TPSA) is 12.9 Å². The minimum absolute atomic E-state index is 0.617. The van der Waals surface area contributed by atoms with Gasteiger partial charge >= 0.3 is 0 Å². The maximum Gasteiger partial charge on any atom is 0.142 e. The predicted octanol–water partition coefficient (Wildman–Crippen LogP) is 2.04. The third kappa shape index (κ3) is 0.719. The fraction of sp³-hybridized carbons (Fsp3) is 0.375. The van der Waals surface area contributed by atoms with Crippen LogP contribution in [0.15, 0.2) is 18.3 Å². The van der Waals surface area contributed by atoms with Crippen LogP contribution in [0, 0.1) is 0 Å². The Morgan fingerprint density at radius 3 is 3.30 bits per heavy atom. The molecule has 0 saturated carbocycles. The highest BCUT2D eigenvalue weighted by Crippen LogP contribution is 2.31. The predicted molar refractivity (Wildman–Crippen MR) is 36.4 cm³/mol. The van der Waals surface area contributed by atoms with E-state index in [0.717, 1.165) is 12.0 Å². The fourth-order valence-electron chi connectivity index (χ4n) is 1.36. The maximum atomic E-state index is 12.9. The summed E-state index contributed by atoms with van der Waals surface area (Å²) in [5.41, 5.74) is 1.73. The molecule has 1 aromatic rings. The summed E-state index contributed by atoms with van der Waals surface area (Å²) in [5, 5.41) is 0. The van der Waals surface area contributed by atoms with Gasteiger partial charge in [-0.2, -0.15) is 0 Å². The molecule has 0 N–H and O–H groups in total. The van der Waals surface area contributed by atoms with Gasteiger partial charge in [-0.15, -0.1) is 0 Å². The normalized spacial score (nSPS) is 22.7. The first kappa shape index (κ1) is 5.83. The second-order valence-electron chi connectivity index (χ2n) is 2.55. The summed E-state index contributed by atoms with van der Waals surface area (Å²) < 4.78 is 12.9. The van der Waals surface area contributed by atoms with Gasteiger partial charge in [-0.25, -0.2) is 4.39 Å². The summed E-state index contributed by atoms with van der Waals surface area (Å²) in [7, 11) is 0. The molecule has 2 rings (SSSR count). The van der Waals surface area contributed by atoms with Crippen molar-refractivity contribution in [2.75, 3.05) is 0 Å². The molecule has 0 unspecified atom stereocenters. The van der Waals surface area contributed by atoms with E-state index >= 15 is 0 Å². The fourth-order valence-corrected chi connectivity index (χ4v) is 1.36. The van der Waals surface area contributed by atoms with Crippen molar-refractivity contribution in [1.29, 1.82) is 0 Å². The smallest absolute Gasteiger partial charge is 0.142 e. The summed E-state index contributed by atoms with van der Waals surface area (Å²) in [6, 6.07) is 3.80. The van der Waals surface area contributed by atoms with E-state index in [1.165, 1.54) is 0 Å². The number of pyridine rings is 1. The largest absolute Gasteiger partial charge is 0.258 e. The Kier molecular flexibility index (Phi) is 1.19. The van der Waals surface area contributed by atoms with Crippen molar-refractivity contribution in [3.63, 3.8) is 0 Å². The highest BCUT2D eigenvalue weighted by Gasteiger charge is 2.21. The molecule has 0 bridgehead atoms. The lowest BCUT2D eigenvalue weighted by atomic mass is 10.2. The van der Waals surface area contributed by atoms with E-state index in [4.69, 9.17) is 0 Å². The van der Waals surface area contributed by atoms with E-state index in [1.54, 1.807) is 6.20 Å². The zero-order chi connectivity index (χ0) is 6.97. The van der Waals surface area contributed by atoms with Crippen LogP contribution in [-0.4, -0.2) is 4.98 Å². The number of rotatable bonds is 0. The summed E-state index contributed by atoms with van der Waals surface area (Å²) in [6.07, 6.45) is 2.31. The van der Waals surface area contributed by atoms with Crippen LogP contribution < -0.4 is 0 Å². The Labute approximate surface area is 58.9 Å². The molecule has 2 heteroatoms. The van der Waals surface area contributed by atoms with E-state index in [0.29, 0.717) is 12.1 Å². The standard InChI is InChI=1S/C8H8FN/c9-7-4-3-6-2-1-5-10-8(6)7/h1-2,5,7H,3-4H2/t7-/m1/s1. The molecular weight excluding hydrogens is 129 g/mol. The molecular formula is C8H8FN. The van der Waals surface area contributed by atoms with Crippen molar-refractivity contribution < 1.29 is 4.39 Å². The quantitative estimate of drug-likeness (QED) is 0.533. The molecule has 0 amide bonds. The number of halogens is 1. The molecule has 1 aliphatic rings. The number of aryl methyl sites for hydroxylation is 1. The van der Waals surface area contributed by atoms with Gasteiger partial charge in [0.2, 0.25) is 0 Å². The lowest BCUT2D eigenvalue weighted by Crippen LogP contribution is -1.87. The Hall–Kier alpha value is -0.920. The lowest BCUT2D eigenvalue weighted by molar-refractivity contribution is 0.337. The zero-order valence-electron chi connectivity index (χ0n) is 5.55. The second-order valence-corrected chi connectivity index (χ2v) is 2.55. The molecule has 1 heterocycles. The molecule has 0 fully saturated rings. The number of hydrogen-bond donors (Lipinski definition) is 0. The minimum Gasteiger partial charge on any atom is -0.258 e. The van der Waals surface area contributed by atoms with Crippen LogP contribution in [0.25, 0.3) is 0 Å². The Morgan fingerprint density at radius 2 is 2.50 bits per heavy atom. The van der Waals surface area contributed by atoms with Crippen LogP contribution in [0.2, 0.25) is 0 Å². The molecule has 52 valence electrons. The van der Waals surface area contributed by atoms with Crippen LogP contribution in [0.4, 0.5) is 4.39 Å². The molecule has 1 atom stereocenters. The van der Waals surface area contributed by atoms with Crippen molar-refractivity contribution in [3.8, 4) is 0 Å². The highest BCUT2D eigenvalue weighted by molar-refractivity contribution is 5.26. The molecule has 1 nitrogen and oxygen atoms in total. The van der Waals surface area contributed by atoms with Gasteiger partial charge in [0, 0.05) is 6.20 Å². The molecule has 0 aromatic carbocycles. The van der Waals surface area contributed by atoms with Crippen molar-refractivity contribution in [1.82, 2.24) is 4.98 Å². The molecule has 10 heavy (non-hydrogen) atoms. The molecule has 0 aliphatic heterocycles. The van der Waals surface area contributed by atoms with Gasteiger partial charge in [-0.05, 0) is 24.5 Å². The minimum atomic E-state index is -0.809. The van der Waals surface area contributed by atoms with Crippen molar-refractivity contribution in [3.05, 3.63) is 29.6 Å². The maximum absolute atomic E-state index is 12.9. The SMILES string of the molecule is F[C@@H]1CCc2cccnc21. The van der Waals surface area contributed by atoms with E-state index in [2.05, 4.69) is 4.98 Å². The lowest BCUT2D eigenvalue weighted by Gasteiger charge is -1.96. The Morgan fingerprint density at radius 1 is 1.60 bits per heavy atom. The first-order chi connectivity index (χ1) is 4.88. The Bertz CT molecular complexity index is 247. The van der Waals surface area contributed by atoms with Gasteiger partial charge in [0.05, 0.1) is 5.69 Å². The highest BCUT2D eigenvalue weighted by atomic mass is 19.1. The molecule has 0 spiro atoms. The van der Waals surface area contributed by atoms with E-state index in [-0.39, 0.29) is 0 Å².